The molecule has 11 heteroatoms. The van der Waals surface area contributed by atoms with Gasteiger partial charge in [0.1, 0.15) is 22.9 Å². The van der Waals surface area contributed by atoms with Crippen LogP contribution in [0.25, 0.3) is 11.3 Å². The van der Waals surface area contributed by atoms with E-state index in [2.05, 4.69) is 33.6 Å². The molecule has 1 aliphatic heterocycles. The van der Waals surface area contributed by atoms with Crippen molar-refractivity contribution in [1.82, 2.24) is 18.8 Å². The van der Waals surface area contributed by atoms with Crippen LogP contribution in [0.5, 0.6) is 0 Å². The van der Waals surface area contributed by atoms with E-state index in [-0.39, 0.29) is 35.8 Å². The van der Waals surface area contributed by atoms with Gasteiger partial charge in [0.15, 0.2) is 0 Å². The molecular formula is C41H36F2N4O5. The molecule has 0 spiro atoms. The maximum absolute atomic E-state index is 13.1. The minimum absolute atomic E-state index is 0.0970. The summed E-state index contributed by atoms with van der Waals surface area (Å²) in [5, 5.41) is 8.94. The summed E-state index contributed by atoms with van der Waals surface area (Å²) in [7, 11) is 1.59. The van der Waals surface area contributed by atoms with E-state index in [1.54, 1.807) is 74.2 Å². The molecular weight excluding hydrogens is 666 g/mol. The average molecular weight is 703 g/mol. The highest BCUT2D eigenvalue weighted by Gasteiger charge is 2.06. The third-order valence-corrected chi connectivity index (χ3v) is 7.70. The van der Waals surface area contributed by atoms with E-state index in [9.17, 15) is 18.4 Å². The summed E-state index contributed by atoms with van der Waals surface area (Å²) in [6.07, 6.45) is 9.64. The first-order valence-corrected chi connectivity index (χ1v) is 16.6. The number of benzene rings is 2. The Balaban J connectivity index is 0.000000177. The summed E-state index contributed by atoms with van der Waals surface area (Å²) >= 11 is 0. The number of methoxy groups -OCH3 is 1. The van der Waals surface area contributed by atoms with Crippen LogP contribution in [0.1, 0.15) is 46.2 Å². The molecule has 264 valence electrons. The number of pyridine rings is 2. The van der Waals surface area contributed by atoms with Crippen molar-refractivity contribution in [3.8, 4) is 23.7 Å². The third kappa shape index (κ3) is 10.5. The standard InChI is InChI=1S/C19H15FN2O2.C18H13FN2O2.C4H8O/c1-24-10-8-16-13-21-18-12-15(7-9-22(18)19(16)23)6-5-14-3-2-4-17(20)11-14;19-16-3-1-2-13(10-16)4-5-14-6-8-21-17(11-14)20-12-15(7-9-22)18(21)23;1-2-4-5-3-1/h2-4,7,9,11-13H,8,10H2,1H3;1-3,6,8,10-12,22H,7,9H2;1-4H2. The van der Waals surface area contributed by atoms with Gasteiger partial charge in [-0.15, -0.1) is 0 Å². The van der Waals surface area contributed by atoms with E-state index in [0.717, 1.165) is 13.2 Å². The summed E-state index contributed by atoms with van der Waals surface area (Å²) < 4.78 is 39.1. The topological polar surface area (TPSA) is 107 Å². The van der Waals surface area contributed by atoms with Crippen LogP contribution in [0.3, 0.4) is 0 Å². The zero-order valence-corrected chi connectivity index (χ0v) is 28.5. The van der Waals surface area contributed by atoms with Gasteiger partial charge in [0.05, 0.1) is 6.61 Å². The molecule has 5 heterocycles. The Morgan fingerprint density at radius 2 is 1.17 bits per heavy atom. The largest absolute Gasteiger partial charge is 0.396 e. The van der Waals surface area contributed by atoms with E-state index >= 15 is 0 Å². The monoisotopic (exact) mass is 702 g/mol. The van der Waals surface area contributed by atoms with Gasteiger partial charge < -0.3 is 14.6 Å². The minimum Gasteiger partial charge on any atom is -0.396 e. The first-order chi connectivity index (χ1) is 25.3. The van der Waals surface area contributed by atoms with Crippen molar-refractivity contribution in [3.05, 3.63) is 163 Å². The number of nitrogens with zero attached hydrogens (tertiary/aromatic N) is 4. The highest BCUT2D eigenvalue weighted by molar-refractivity contribution is 5.51. The van der Waals surface area contributed by atoms with Crippen LogP contribution < -0.4 is 11.1 Å². The number of aromatic nitrogens is 4. The molecule has 1 N–H and O–H groups in total. The normalized spacial score (nSPS) is 11.7. The zero-order chi connectivity index (χ0) is 36.7. The predicted octanol–water partition coefficient (Wildman–Crippen LogP) is 4.99. The Morgan fingerprint density at radius 3 is 1.58 bits per heavy atom. The van der Waals surface area contributed by atoms with Gasteiger partial charge in [-0.25, -0.2) is 18.7 Å². The van der Waals surface area contributed by atoms with Crippen LogP contribution in [0.15, 0.2) is 107 Å². The van der Waals surface area contributed by atoms with E-state index in [1.165, 1.54) is 52.1 Å². The Hall–Kier alpha value is -5.98. The van der Waals surface area contributed by atoms with E-state index in [4.69, 9.17) is 14.6 Å². The smallest absolute Gasteiger partial charge is 0.261 e. The van der Waals surface area contributed by atoms with Crippen molar-refractivity contribution in [2.45, 2.75) is 25.7 Å². The van der Waals surface area contributed by atoms with Gasteiger partial charge in [-0.1, -0.05) is 35.8 Å². The van der Waals surface area contributed by atoms with Crippen LogP contribution in [0, 0.1) is 35.3 Å². The third-order valence-electron chi connectivity index (χ3n) is 7.70. The molecule has 9 nitrogen and oxygen atoms in total. The van der Waals surface area contributed by atoms with E-state index in [1.807, 2.05) is 0 Å². The summed E-state index contributed by atoms with van der Waals surface area (Å²) in [5.41, 5.74) is 4.30. The van der Waals surface area contributed by atoms with Crippen molar-refractivity contribution >= 4 is 11.3 Å². The Labute approximate surface area is 299 Å². The molecule has 52 heavy (non-hydrogen) atoms. The summed E-state index contributed by atoms with van der Waals surface area (Å²) in [6.45, 7) is 2.38. The van der Waals surface area contributed by atoms with Crippen LogP contribution in [-0.2, 0) is 22.3 Å². The maximum atomic E-state index is 13.1. The molecule has 1 aliphatic rings. The number of halogens is 2. The fourth-order valence-corrected chi connectivity index (χ4v) is 4.99. The maximum Gasteiger partial charge on any atom is 0.261 e. The highest BCUT2D eigenvalue weighted by Crippen LogP contribution is 2.07. The molecule has 4 aromatic heterocycles. The molecule has 0 amide bonds. The van der Waals surface area contributed by atoms with Crippen LogP contribution >= 0.6 is 0 Å². The average Bonchev–Trinajstić information content (AvgIpc) is 3.75. The van der Waals surface area contributed by atoms with Gasteiger partial charge >= 0.3 is 0 Å². The Bertz CT molecular complexity index is 2390. The lowest BCUT2D eigenvalue weighted by molar-refractivity contribution is 0.198. The lowest BCUT2D eigenvalue weighted by Crippen LogP contribution is -2.20. The van der Waals surface area contributed by atoms with Crippen molar-refractivity contribution in [3.63, 3.8) is 0 Å². The number of hydrogen-bond donors (Lipinski definition) is 1. The Morgan fingerprint density at radius 1 is 0.712 bits per heavy atom. The number of fused-ring (bicyclic) bond motifs is 2. The van der Waals surface area contributed by atoms with Gasteiger partial charge in [0.2, 0.25) is 0 Å². The van der Waals surface area contributed by atoms with Crippen LogP contribution in [0.4, 0.5) is 8.78 Å². The molecule has 1 fully saturated rings. The molecule has 0 atom stereocenters. The summed E-state index contributed by atoms with van der Waals surface area (Å²) in [6, 6.07) is 19.0. The lowest BCUT2D eigenvalue weighted by Gasteiger charge is -2.04. The second-order valence-corrected chi connectivity index (χ2v) is 11.5. The quantitative estimate of drug-likeness (QED) is 0.253. The number of aliphatic hydroxyl groups is 1. The minimum atomic E-state index is -0.333. The second kappa shape index (κ2) is 18.9. The molecule has 0 bridgehead atoms. The van der Waals surface area contributed by atoms with Crippen molar-refractivity contribution < 1.29 is 23.4 Å². The number of rotatable bonds is 5. The summed E-state index contributed by atoms with van der Waals surface area (Å²) in [5.74, 6) is 11.0. The molecule has 6 aromatic rings. The summed E-state index contributed by atoms with van der Waals surface area (Å²) in [4.78, 5) is 33.1. The second-order valence-electron chi connectivity index (χ2n) is 11.5. The van der Waals surface area contributed by atoms with Crippen molar-refractivity contribution in [1.29, 1.82) is 0 Å². The first-order valence-electron chi connectivity index (χ1n) is 16.6. The van der Waals surface area contributed by atoms with Gasteiger partial charge in [0.25, 0.3) is 11.1 Å². The fraction of sp³-hybridized carbons (Fsp3) is 0.220. The van der Waals surface area contributed by atoms with Gasteiger partial charge in [0, 0.05) is 97.9 Å². The predicted molar refractivity (Wildman–Crippen MR) is 194 cm³/mol. The number of hydrogen-bond acceptors (Lipinski definition) is 7. The van der Waals surface area contributed by atoms with Gasteiger partial charge in [-0.2, -0.15) is 0 Å². The number of ether oxygens (including phenoxy) is 2. The van der Waals surface area contributed by atoms with E-state index < -0.39 is 0 Å². The van der Waals surface area contributed by atoms with Gasteiger partial charge in [-0.3, -0.25) is 18.4 Å². The zero-order valence-electron chi connectivity index (χ0n) is 28.5. The highest BCUT2D eigenvalue weighted by atomic mass is 19.1. The first kappa shape index (κ1) is 37.3. The molecule has 0 radical (unpaired) electrons. The van der Waals surface area contributed by atoms with E-state index in [0.29, 0.717) is 57.7 Å². The number of aliphatic hydroxyl groups excluding tert-OH is 1. The van der Waals surface area contributed by atoms with Crippen molar-refractivity contribution in [2.24, 2.45) is 0 Å². The van der Waals surface area contributed by atoms with Crippen LogP contribution in [-0.4, -0.2) is 57.4 Å². The van der Waals surface area contributed by atoms with Gasteiger partial charge in [-0.05, 0) is 73.5 Å². The van der Waals surface area contributed by atoms with Crippen molar-refractivity contribution in [2.75, 3.05) is 33.5 Å². The molecule has 0 aliphatic carbocycles. The molecule has 0 unspecified atom stereocenters. The molecule has 1 saturated heterocycles. The Kier molecular flexibility index (Phi) is 13.5. The fourth-order valence-electron chi connectivity index (χ4n) is 4.99. The lowest BCUT2D eigenvalue weighted by atomic mass is 10.2. The van der Waals surface area contributed by atoms with Crippen LogP contribution in [0.2, 0.25) is 0 Å². The molecule has 0 saturated carbocycles. The molecule has 2 aromatic carbocycles. The SMILES string of the molecule is C1CCOC1.COCCc1cnc2cc(C#Cc3cccc(F)c3)ccn2c1=O.O=c1c(CCO)cnc2cc(C#Cc3cccc(F)c3)ccn12. The molecule has 7 rings (SSSR count).